The number of aromatic nitrogens is 1. The average Bonchev–Trinajstić information content (AvgIpc) is 2.29. The molecule has 0 saturated carbocycles. The predicted octanol–water partition coefficient (Wildman–Crippen LogP) is 1.70. The highest BCUT2D eigenvalue weighted by Gasteiger charge is 2.23. The first kappa shape index (κ1) is 14.4. The third-order valence-corrected chi connectivity index (χ3v) is 3.26. The summed E-state index contributed by atoms with van der Waals surface area (Å²) in [6, 6.07) is 3.99. The first-order chi connectivity index (χ1) is 7.68. The first-order valence-corrected chi connectivity index (χ1v) is 6.11. The zero-order valence-electron chi connectivity index (χ0n) is 9.52. The van der Waals surface area contributed by atoms with E-state index in [9.17, 15) is 4.79 Å². The van der Waals surface area contributed by atoms with Gasteiger partial charge in [0.25, 0.3) is 5.91 Å². The molecule has 1 aromatic rings. The number of piperazine rings is 1. The lowest BCUT2D eigenvalue weighted by Crippen LogP contribution is -2.51. The van der Waals surface area contributed by atoms with Crippen LogP contribution in [0.5, 0.6) is 0 Å². The number of pyridine rings is 1. The Balaban J connectivity index is 0.00000144. The van der Waals surface area contributed by atoms with Gasteiger partial charge in [-0.2, -0.15) is 0 Å². The second kappa shape index (κ2) is 6.33. The molecular weight excluding hydrogens is 305 g/mol. The van der Waals surface area contributed by atoms with Crippen LogP contribution in [0.4, 0.5) is 0 Å². The van der Waals surface area contributed by atoms with Gasteiger partial charge in [0.05, 0.1) is 0 Å². The molecule has 0 aliphatic carbocycles. The minimum absolute atomic E-state index is 0. The van der Waals surface area contributed by atoms with Crippen molar-refractivity contribution in [1.29, 1.82) is 0 Å². The number of amides is 1. The van der Waals surface area contributed by atoms with Crippen LogP contribution < -0.4 is 5.32 Å². The van der Waals surface area contributed by atoms with Crippen molar-refractivity contribution in [2.24, 2.45) is 0 Å². The number of carbonyl (C=O) groups is 1. The van der Waals surface area contributed by atoms with E-state index in [1.54, 1.807) is 12.3 Å². The van der Waals surface area contributed by atoms with Crippen LogP contribution in [0.1, 0.15) is 17.4 Å². The zero-order chi connectivity index (χ0) is 11.5. The third kappa shape index (κ3) is 3.40. The summed E-state index contributed by atoms with van der Waals surface area (Å²) in [5.74, 6) is 0.000764. The molecule has 6 heteroatoms. The standard InChI is InChI=1S/C11H14BrN3O.ClH/c1-8-7-15(6-5-13-8)11(16)10-9(12)3-2-4-14-10;/h2-4,8,13H,5-7H2,1H3;1H. The molecule has 94 valence electrons. The monoisotopic (exact) mass is 319 g/mol. The Bertz CT molecular complexity index is 402. The lowest BCUT2D eigenvalue weighted by Gasteiger charge is -2.31. The molecule has 1 unspecified atom stereocenters. The minimum atomic E-state index is 0. The smallest absolute Gasteiger partial charge is 0.273 e. The van der Waals surface area contributed by atoms with Crippen molar-refractivity contribution in [2.45, 2.75) is 13.0 Å². The highest BCUT2D eigenvalue weighted by Crippen LogP contribution is 2.16. The van der Waals surface area contributed by atoms with Gasteiger partial charge in [-0.05, 0) is 35.0 Å². The lowest BCUT2D eigenvalue weighted by molar-refractivity contribution is 0.0702. The van der Waals surface area contributed by atoms with E-state index in [1.165, 1.54) is 0 Å². The molecule has 1 saturated heterocycles. The van der Waals surface area contributed by atoms with Crippen molar-refractivity contribution in [1.82, 2.24) is 15.2 Å². The van der Waals surface area contributed by atoms with E-state index < -0.39 is 0 Å². The molecule has 1 N–H and O–H groups in total. The van der Waals surface area contributed by atoms with Crippen LogP contribution in [0.2, 0.25) is 0 Å². The fourth-order valence-corrected chi connectivity index (χ4v) is 2.23. The van der Waals surface area contributed by atoms with E-state index in [0.29, 0.717) is 11.7 Å². The van der Waals surface area contributed by atoms with E-state index in [-0.39, 0.29) is 18.3 Å². The number of halogens is 2. The van der Waals surface area contributed by atoms with Crippen molar-refractivity contribution in [3.63, 3.8) is 0 Å². The average molecular weight is 321 g/mol. The normalized spacial score (nSPS) is 19.6. The second-order valence-corrected chi connectivity index (χ2v) is 4.79. The SMILES string of the molecule is CC1CN(C(=O)c2ncccc2Br)CCN1.Cl. The number of nitrogens with one attached hydrogen (secondary N) is 1. The highest BCUT2D eigenvalue weighted by atomic mass is 79.9. The van der Waals surface area contributed by atoms with Crippen LogP contribution in [0.25, 0.3) is 0 Å². The van der Waals surface area contributed by atoms with Crippen LogP contribution in [0.3, 0.4) is 0 Å². The number of hydrogen-bond acceptors (Lipinski definition) is 3. The first-order valence-electron chi connectivity index (χ1n) is 5.31. The van der Waals surface area contributed by atoms with Crippen molar-refractivity contribution in [2.75, 3.05) is 19.6 Å². The van der Waals surface area contributed by atoms with Crippen LogP contribution >= 0.6 is 28.3 Å². The van der Waals surface area contributed by atoms with E-state index in [2.05, 4.69) is 33.2 Å². The van der Waals surface area contributed by atoms with Gasteiger partial charge in [0.1, 0.15) is 5.69 Å². The van der Waals surface area contributed by atoms with E-state index >= 15 is 0 Å². The summed E-state index contributed by atoms with van der Waals surface area (Å²) in [6.07, 6.45) is 1.64. The molecule has 0 radical (unpaired) electrons. The summed E-state index contributed by atoms with van der Waals surface area (Å²) in [5.41, 5.74) is 0.497. The largest absolute Gasteiger partial charge is 0.334 e. The molecule has 1 aromatic heterocycles. The van der Waals surface area contributed by atoms with Gasteiger partial charge in [0.2, 0.25) is 0 Å². The fourth-order valence-electron chi connectivity index (χ4n) is 1.81. The van der Waals surface area contributed by atoms with E-state index in [0.717, 1.165) is 24.1 Å². The van der Waals surface area contributed by atoms with Gasteiger partial charge in [-0.3, -0.25) is 4.79 Å². The number of carbonyl (C=O) groups excluding carboxylic acids is 1. The summed E-state index contributed by atoms with van der Waals surface area (Å²) in [7, 11) is 0. The molecule has 17 heavy (non-hydrogen) atoms. The Hall–Kier alpha value is -0.650. The van der Waals surface area contributed by atoms with Crippen molar-refractivity contribution in [3.8, 4) is 0 Å². The topological polar surface area (TPSA) is 45.2 Å². The molecule has 1 atom stereocenters. The Morgan fingerprint density at radius 1 is 1.65 bits per heavy atom. The van der Waals surface area contributed by atoms with Crippen molar-refractivity contribution in [3.05, 3.63) is 28.5 Å². The quantitative estimate of drug-likeness (QED) is 0.856. The molecule has 1 aliphatic rings. The minimum Gasteiger partial charge on any atom is -0.334 e. The number of nitrogens with zero attached hydrogens (tertiary/aromatic N) is 2. The van der Waals surface area contributed by atoms with Gasteiger partial charge in [0.15, 0.2) is 0 Å². The lowest BCUT2D eigenvalue weighted by atomic mass is 10.2. The summed E-state index contributed by atoms with van der Waals surface area (Å²) in [6.45, 7) is 4.40. The fraction of sp³-hybridized carbons (Fsp3) is 0.455. The molecule has 2 heterocycles. The molecule has 4 nitrogen and oxygen atoms in total. The molecule has 0 spiro atoms. The van der Waals surface area contributed by atoms with Gasteiger partial charge in [-0.15, -0.1) is 12.4 Å². The third-order valence-electron chi connectivity index (χ3n) is 2.62. The van der Waals surface area contributed by atoms with Crippen LogP contribution in [0, 0.1) is 0 Å². The summed E-state index contributed by atoms with van der Waals surface area (Å²) >= 11 is 3.35. The number of hydrogen-bond donors (Lipinski definition) is 1. The van der Waals surface area contributed by atoms with Crippen LogP contribution in [-0.2, 0) is 0 Å². The maximum absolute atomic E-state index is 12.2. The second-order valence-electron chi connectivity index (χ2n) is 3.94. The van der Waals surface area contributed by atoms with Gasteiger partial charge < -0.3 is 10.2 Å². The van der Waals surface area contributed by atoms with Crippen LogP contribution in [-0.4, -0.2) is 41.5 Å². The van der Waals surface area contributed by atoms with Crippen molar-refractivity contribution < 1.29 is 4.79 Å². The maximum atomic E-state index is 12.2. The predicted molar refractivity (Wildman–Crippen MR) is 72.6 cm³/mol. The Kier molecular flexibility index (Phi) is 5.36. The molecule has 1 aliphatic heterocycles. The van der Waals surface area contributed by atoms with Gasteiger partial charge in [-0.25, -0.2) is 4.98 Å². The Morgan fingerprint density at radius 2 is 2.41 bits per heavy atom. The van der Waals surface area contributed by atoms with Crippen LogP contribution in [0.15, 0.2) is 22.8 Å². The molecule has 0 bridgehead atoms. The van der Waals surface area contributed by atoms with Gasteiger partial charge in [0, 0.05) is 36.3 Å². The highest BCUT2D eigenvalue weighted by molar-refractivity contribution is 9.10. The zero-order valence-corrected chi connectivity index (χ0v) is 11.9. The maximum Gasteiger partial charge on any atom is 0.273 e. The summed E-state index contributed by atoms with van der Waals surface area (Å²) < 4.78 is 0.756. The van der Waals surface area contributed by atoms with Gasteiger partial charge >= 0.3 is 0 Å². The van der Waals surface area contributed by atoms with E-state index in [1.807, 2.05) is 11.0 Å². The summed E-state index contributed by atoms with van der Waals surface area (Å²) in [4.78, 5) is 18.1. The molecular formula is C11H15BrClN3O. The molecule has 1 fully saturated rings. The molecule has 0 aromatic carbocycles. The molecule has 1 amide bonds. The van der Waals surface area contributed by atoms with E-state index in [4.69, 9.17) is 0 Å². The molecule has 2 rings (SSSR count). The summed E-state index contributed by atoms with van der Waals surface area (Å²) in [5, 5.41) is 3.31. The van der Waals surface area contributed by atoms with Gasteiger partial charge in [-0.1, -0.05) is 0 Å². The Morgan fingerprint density at radius 3 is 3.06 bits per heavy atom. The van der Waals surface area contributed by atoms with Crippen molar-refractivity contribution >= 4 is 34.2 Å². The Labute approximate surface area is 115 Å². The number of rotatable bonds is 1.